The van der Waals surface area contributed by atoms with Crippen molar-refractivity contribution in [2.24, 2.45) is 0 Å². The van der Waals surface area contributed by atoms with Gasteiger partial charge in [0.25, 0.3) is 0 Å². The Labute approximate surface area is 139 Å². The van der Waals surface area contributed by atoms with Crippen molar-refractivity contribution in [3.8, 4) is 11.5 Å². The van der Waals surface area contributed by atoms with Crippen LogP contribution in [0.5, 0.6) is 11.5 Å². The molecule has 1 aromatic carbocycles. The molecule has 23 heavy (non-hydrogen) atoms. The molecule has 1 heterocycles. The molecule has 2 aromatic rings. The summed E-state index contributed by atoms with van der Waals surface area (Å²) in [6, 6.07) is 6.99. The second kappa shape index (κ2) is 6.22. The van der Waals surface area contributed by atoms with E-state index in [2.05, 4.69) is 9.97 Å². The van der Waals surface area contributed by atoms with Crippen LogP contribution in [0, 0.1) is 0 Å². The zero-order valence-electron chi connectivity index (χ0n) is 12.9. The third-order valence-corrected chi connectivity index (χ3v) is 4.39. The highest BCUT2D eigenvalue weighted by molar-refractivity contribution is 6.30. The molecule has 6 nitrogen and oxygen atoms in total. The van der Waals surface area contributed by atoms with Crippen LogP contribution in [-0.2, 0) is 0 Å². The van der Waals surface area contributed by atoms with Gasteiger partial charge in [0.1, 0.15) is 11.5 Å². The minimum atomic E-state index is -0.932. The Morgan fingerprint density at radius 2 is 1.91 bits per heavy atom. The van der Waals surface area contributed by atoms with Gasteiger partial charge < -0.3 is 20.5 Å². The summed E-state index contributed by atoms with van der Waals surface area (Å²) in [4.78, 5) is 9.98. The van der Waals surface area contributed by atoms with Crippen LogP contribution in [-0.4, -0.2) is 27.8 Å². The first-order valence-corrected chi connectivity index (χ1v) is 7.88. The van der Waals surface area contributed by atoms with Crippen molar-refractivity contribution < 1.29 is 9.84 Å². The molecule has 0 unspecified atom stereocenters. The van der Waals surface area contributed by atoms with Crippen molar-refractivity contribution in [3.05, 3.63) is 35.5 Å². The number of nitrogen functional groups attached to an aromatic ring is 1. The van der Waals surface area contributed by atoms with E-state index < -0.39 is 5.72 Å². The first-order valence-electron chi connectivity index (χ1n) is 7.50. The normalized spacial score (nSPS) is 16.3. The Morgan fingerprint density at radius 3 is 2.57 bits per heavy atom. The Balaban J connectivity index is 1.92. The molecule has 0 aliphatic heterocycles. The van der Waals surface area contributed by atoms with Crippen molar-refractivity contribution in [3.63, 3.8) is 0 Å². The molecule has 0 spiro atoms. The number of aromatic nitrogens is 2. The molecule has 0 saturated heterocycles. The fraction of sp³-hybridized carbons (Fsp3) is 0.375. The minimum absolute atomic E-state index is 0.136. The number of nitrogens with two attached hydrogens (primary N) is 1. The summed E-state index contributed by atoms with van der Waals surface area (Å²) in [5.74, 6) is 1.65. The smallest absolute Gasteiger partial charge is 0.222 e. The van der Waals surface area contributed by atoms with Gasteiger partial charge in [0, 0.05) is 12.1 Å². The molecule has 122 valence electrons. The fourth-order valence-electron chi connectivity index (χ4n) is 2.79. The van der Waals surface area contributed by atoms with E-state index in [1.54, 1.807) is 36.2 Å². The maximum Gasteiger partial charge on any atom is 0.222 e. The lowest BCUT2D eigenvalue weighted by molar-refractivity contribution is 0.0479. The van der Waals surface area contributed by atoms with Crippen LogP contribution in [0.25, 0.3) is 0 Å². The summed E-state index contributed by atoms with van der Waals surface area (Å²) < 4.78 is 5.85. The Bertz CT molecular complexity index is 687. The molecule has 1 saturated carbocycles. The summed E-state index contributed by atoms with van der Waals surface area (Å²) in [6.45, 7) is 0. The van der Waals surface area contributed by atoms with Crippen LogP contribution in [0.3, 0.4) is 0 Å². The molecule has 1 fully saturated rings. The molecule has 3 rings (SSSR count). The van der Waals surface area contributed by atoms with E-state index in [4.69, 9.17) is 22.1 Å². The minimum Gasteiger partial charge on any atom is -0.452 e. The average Bonchev–Trinajstić information content (AvgIpc) is 2.98. The average molecular weight is 335 g/mol. The van der Waals surface area contributed by atoms with Crippen molar-refractivity contribution in [2.45, 2.75) is 31.4 Å². The molecule has 0 amide bonds. The van der Waals surface area contributed by atoms with Gasteiger partial charge in [-0.05, 0) is 49.9 Å². The molecule has 1 aromatic heterocycles. The van der Waals surface area contributed by atoms with Gasteiger partial charge in [-0.25, -0.2) is 4.98 Å². The summed E-state index contributed by atoms with van der Waals surface area (Å²) in [5.41, 5.74) is 4.79. The summed E-state index contributed by atoms with van der Waals surface area (Å²) in [7, 11) is 1.79. The van der Waals surface area contributed by atoms with Gasteiger partial charge in [0.05, 0.1) is 6.20 Å². The monoisotopic (exact) mass is 334 g/mol. The highest BCUT2D eigenvalue weighted by atomic mass is 35.5. The molecule has 0 bridgehead atoms. The largest absolute Gasteiger partial charge is 0.452 e. The lowest BCUT2D eigenvalue weighted by atomic mass is 10.1. The van der Waals surface area contributed by atoms with Gasteiger partial charge in [-0.3, -0.25) is 0 Å². The Morgan fingerprint density at radius 1 is 1.26 bits per heavy atom. The lowest BCUT2D eigenvalue weighted by Gasteiger charge is -2.35. The zero-order valence-corrected chi connectivity index (χ0v) is 13.6. The van der Waals surface area contributed by atoms with Crippen molar-refractivity contribution in [2.75, 3.05) is 17.7 Å². The molecule has 1 aliphatic rings. The molecule has 1 aliphatic carbocycles. The van der Waals surface area contributed by atoms with E-state index in [0.29, 0.717) is 35.2 Å². The van der Waals surface area contributed by atoms with E-state index in [-0.39, 0.29) is 5.95 Å². The van der Waals surface area contributed by atoms with Crippen molar-refractivity contribution in [1.82, 2.24) is 9.97 Å². The zero-order chi connectivity index (χ0) is 16.4. The fourth-order valence-corrected chi connectivity index (χ4v) is 2.92. The van der Waals surface area contributed by atoms with Crippen molar-refractivity contribution in [1.29, 1.82) is 0 Å². The van der Waals surface area contributed by atoms with Gasteiger partial charge in [0.2, 0.25) is 5.95 Å². The molecular formula is C16H19ClN4O2. The number of nitrogens with zero attached hydrogens (tertiary/aromatic N) is 3. The Kier molecular flexibility index (Phi) is 4.28. The van der Waals surface area contributed by atoms with Crippen molar-refractivity contribution >= 4 is 23.4 Å². The first kappa shape index (κ1) is 15.8. The predicted octanol–water partition coefficient (Wildman–Crippen LogP) is 3.20. The van der Waals surface area contributed by atoms with Crippen LogP contribution < -0.4 is 15.4 Å². The molecular weight excluding hydrogens is 316 g/mol. The van der Waals surface area contributed by atoms with Gasteiger partial charge in [-0.2, -0.15) is 4.98 Å². The number of hydrogen-bond acceptors (Lipinski definition) is 6. The standard InChI is InChI=1S/C16H19ClN4O2/c1-21(16(22)8-2-3-9-16)14-13(10-19-15(18)20-14)23-12-6-4-11(17)5-7-12/h4-7,10,22H,2-3,8-9H2,1H3,(H2,18,19,20). The topological polar surface area (TPSA) is 84.5 Å². The maximum absolute atomic E-state index is 10.8. The summed E-state index contributed by atoms with van der Waals surface area (Å²) in [6.07, 6.45) is 4.85. The number of anilines is 2. The molecule has 0 atom stereocenters. The first-order chi connectivity index (χ1) is 11.0. The molecule has 3 N–H and O–H groups in total. The number of hydrogen-bond donors (Lipinski definition) is 2. The number of benzene rings is 1. The highest BCUT2D eigenvalue weighted by Crippen LogP contribution is 2.39. The number of rotatable bonds is 4. The Hall–Kier alpha value is -2.05. The van der Waals surface area contributed by atoms with Crippen LogP contribution in [0.15, 0.2) is 30.5 Å². The SMILES string of the molecule is CN(c1nc(N)ncc1Oc1ccc(Cl)cc1)C1(O)CCCC1. The van der Waals surface area contributed by atoms with Gasteiger partial charge in [-0.1, -0.05) is 11.6 Å². The van der Waals surface area contributed by atoms with E-state index in [9.17, 15) is 5.11 Å². The predicted molar refractivity (Wildman–Crippen MR) is 89.8 cm³/mol. The third-order valence-electron chi connectivity index (χ3n) is 4.14. The molecule has 7 heteroatoms. The van der Waals surface area contributed by atoms with E-state index >= 15 is 0 Å². The second-order valence-corrected chi connectivity index (χ2v) is 6.16. The third kappa shape index (κ3) is 3.33. The van der Waals surface area contributed by atoms with Gasteiger partial charge in [0.15, 0.2) is 11.6 Å². The van der Waals surface area contributed by atoms with Gasteiger partial charge >= 0.3 is 0 Å². The summed E-state index contributed by atoms with van der Waals surface area (Å²) in [5, 5.41) is 11.4. The number of halogens is 1. The lowest BCUT2D eigenvalue weighted by Crippen LogP contribution is -2.44. The van der Waals surface area contributed by atoms with E-state index in [0.717, 1.165) is 12.8 Å². The quantitative estimate of drug-likeness (QED) is 0.835. The summed E-state index contributed by atoms with van der Waals surface area (Å²) >= 11 is 5.88. The maximum atomic E-state index is 10.8. The second-order valence-electron chi connectivity index (χ2n) is 5.72. The van der Waals surface area contributed by atoms with Crippen LogP contribution in [0.2, 0.25) is 5.02 Å². The van der Waals surface area contributed by atoms with Gasteiger partial charge in [-0.15, -0.1) is 0 Å². The van der Waals surface area contributed by atoms with Crippen LogP contribution in [0.1, 0.15) is 25.7 Å². The molecule has 0 radical (unpaired) electrons. The number of aliphatic hydroxyl groups is 1. The van der Waals surface area contributed by atoms with E-state index in [1.165, 1.54) is 6.20 Å². The number of ether oxygens (including phenoxy) is 1. The van der Waals surface area contributed by atoms with Crippen LogP contribution in [0.4, 0.5) is 11.8 Å². The van der Waals surface area contributed by atoms with Crippen LogP contribution >= 0.6 is 11.6 Å². The highest BCUT2D eigenvalue weighted by Gasteiger charge is 2.37. The van der Waals surface area contributed by atoms with E-state index in [1.807, 2.05) is 0 Å².